The molecule has 5 heteroatoms. The summed E-state index contributed by atoms with van der Waals surface area (Å²) in [6.07, 6.45) is 3.71. The monoisotopic (exact) mass is 332 g/mol. The molecule has 1 amide bonds. The van der Waals surface area contributed by atoms with E-state index in [4.69, 9.17) is 4.74 Å². The molecule has 0 saturated carbocycles. The number of Topliss-reactive ketones (excluding diaryl/α,β-unsaturated/α-hetero) is 1. The van der Waals surface area contributed by atoms with Crippen LogP contribution in [0.3, 0.4) is 0 Å². The lowest BCUT2D eigenvalue weighted by Crippen LogP contribution is -2.33. The van der Waals surface area contributed by atoms with E-state index < -0.39 is 0 Å². The molecular formula is C19H28N2O3. The fourth-order valence-corrected chi connectivity index (χ4v) is 3.14. The Morgan fingerprint density at radius 1 is 1.12 bits per heavy atom. The molecule has 0 N–H and O–H groups in total. The molecule has 5 nitrogen and oxygen atoms in total. The van der Waals surface area contributed by atoms with Crippen LogP contribution in [0.25, 0.3) is 0 Å². The zero-order valence-corrected chi connectivity index (χ0v) is 15.0. The van der Waals surface area contributed by atoms with Gasteiger partial charge in [-0.25, -0.2) is 0 Å². The predicted molar refractivity (Wildman–Crippen MR) is 94.5 cm³/mol. The minimum atomic E-state index is 0.00648. The van der Waals surface area contributed by atoms with Crippen LogP contribution in [0, 0.1) is 0 Å². The smallest absolute Gasteiger partial charge is 0.223 e. The van der Waals surface area contributed by atoms with Gasteiger partial charge in [-0.3, -0.25) is 9.59 Å². The summed E-state index contributed by atoms with van der Waals surface area (Å²) in [4.78, 5) is 28.8. The first-order valence-corrected chi connectivity index (χ1v) is 8.62. The molecule has 1 aromatic rings. The van der Waals surface area contributed by atoms with E-state index in [1.54, 1.807) is 31.4 Å². The Morgan fingerprint density at radius 2 is 1.83 bits per heavy atom. The highest BCUT2D eigenvalue weighted by molar-refractivity contribution is 5.98. The van der Waals surface area contributed by atoms with Crippen molar-refractivity contribution >= 4 is 11.7 Å². The molecule has 0 aliphatic carbocycles. The Morgan fingerprint density at radius 3 is 2.46 bits per heavy atom. The second kappa shape index (κ2) is 8.83. The lowest BCUT2D eigenvalue weighted by Gasteiger charge is -2.23. The number of hydrogen-bond acceptors (Lipinski definition) is 4. The van der Waals surface area contributed by atoms with Crippen LogP contribution < -0.4 is 4.74 Å². The SMILES string of the molecule is COc1ccc(C(=O)CCC(=O)N2CCC[C@H](N(C)C)CC2)cc1. The molecule has 1 atom stereocenters. The number of amides is 1. The summed E-state index contributed by atoms with van der Waals surface area (Å²) in [5, 5.41) is 0. The van der Waals surface area contributed by atoms with E-state index in [9.17, 15) is 9.59 Å². The highest BCUT2D eigenvalue weighted by atomic mass is 16.5. The number of hydrogen-bond donors (Lipinski definition) is 0. The Hall–Kier alpha value is -1.88. The summed E-state index contributed by atoms with van der Waals surface area (Å²) >= 11 is 0. The molecule has 1 heterocycles. The van der Waals surface area contributed by atoms with Gasteiger partial charge in [0, 0.05) is 37.5 Å². The molecule has 0 spiro atoms. The molecule has 1 aliphatic rings. The Bertz CT molecular complexity index is 554. The maximum Gasteiger partial charge on any atom is 0.223 e. The maximum absolute atomic E-state index is 12.4. The molecule has 24 heavy (non-hydrogen) atoms. The molecule has 0 bridgehead atoms. The van der Waals surface area contributed by atoms with Crippen LogP contribution in [0.1, 0.15) is 42.5 Å². The third kappa shape index (κ3) is 5.06. The predicted octanol–water partition coefficient (Wildman–Crippen LogP) is 2.60. The summed E-state index contributed by atoms with van der Waals surface area (Å²) < 4.78 is 5.09. The first-order chi connectivity index (χ1) is 11.5. The number of methoxy groups -OCH3 is 1. The Labute approximate surface area is 144 Å². The number of rotatable bonds is 6. The molecule has 1 saturated heterocycles. The molecule has 1 aromatic carbocycles. The zero-order chi connectivity index (χ0) is 17.5. The van der Waals surface area contributed by atoms with E-state index in [0.717, 1.165) is 38.1 Å². The largest absolute Gasteiger partial charge is 0.497 e. The van der Waals surface area contributed by atoms with Crippen molar-refractivity contribution in [3.05, 3.63) is 29.8 Å². The molecular weight excluding hydrogens is 304 g/mol. The molecule has 2 rings (SSSR count). The van der Waals surface area contributed by atoms with Gasteiger partial charge in [0.1, 0.15) is 5.75 Å². The van der Waals surface area contributed by atoms with Crippen molar-refractivity contribution in [1.29, 1.82) is 0 Å². The van der Waals surface area contributed by atoms with Crippen molar-refractivity contribution in [2.24, 2.45) is 0 Å². The van der Waals surface area contributed by atoms with Crippen molar-refractivity contribution in [1.82, 2.24) is 9.80 Å². The van der Waals surface area contributed by atoms with Crippen LogP contribution >= 0.6 is 0 Å². The topological polar surface area (TPSA) is 49.9 Å². The number of ketones is 1. The van der Waals surface area contributed by atoms with Gasteiger partial charge in [0.2, 0.25) is 5.91 Å². The molecule has 1 fully saturated rings. The number of ether oxygens (including phenoxy) is 1. The molecule has 0 radical (unpaired) electrons. The van der Waals surface area contributed by atoms with Gasteiger partial charge >= 0.3 is 0 Å². The van der Waals surface area contributed by atoms with Crippen molar-refractivity contribution in [2.45, 2.75) is 38.1 Å². The van der Waals surface area contributed by atoms with Gasteiger partial charge in [-0.1, -0.05) is 0 Å². The fourth-order valence-electron chi connectivity index (χ4n) is 3.14. The van der Waals surface area contributed by atoms with Gasteiger partial charge in [0.25, 0.3) is 0 Å². The summed E-state index contributed by atoms with van der Waals surface area (Å²) in [7, 11) is 5.78. The third-order valence-electron chi connectivity index (χ3n) is 4.76. The first-order valence-electron chi connectivity index (χ1n) is 8.62. The first kappa shape index (κ1) is 18.5. The van der Waals surface area contributed by atoms with Crippen LogP contribution in [0.2, 0.25) is 0 Å². The molecule has 0 unspecified atom stereocenters. The summed E-state index contributed by atoms with van der Waals surface area (Å²) in [6.45, 7) is 1.60. The number of benzene rings is 1. The van der Waals surface area contributed by atoms with Crippen LogP contribution in [0.15, 0.2) is 24.3 Å². The van der Waals surface area contributed by atoms with Crippen molar-refractivity contribution in [2.75, 3.05) is 34.3 Å². The van der Waals surface area contributed by atoms with Crippen molar-refractivity contribution in [3.63, 3.8) is 0 Å². The second-order valence-electron chi connectivity index (χ2n) is 6.58. The van der Waals surface area contributed by atoms with Crippen molar-refractivity contribution in [3.8, 4) is 5.75 Å². The van der Waals surface area contributed by atoms with E-state index in [1.165, 1.54) is 0 Å². The highest BCUT2D eigenvalue weighted by Gasteiger charge is 2.22. The fraction of sp³-hybridized carbons (Fsp3) is 0.579. The van der Waals surface area contributed by atoms with Crippen LogP contribution in [0.4, 0.5) is 0 Å². The van der Waals surface area contributed by atoms with E-state index >= 15 is 0 Å². The van der Waals surface area contributed by atoms with Gasteiger partial charge < -0.3 is 14.5 Å². The number of carbonyl (C=O) groups excluding carboxylic acids is 2. The minimum absolute atomic E-state index is 0.00648. The van der Waals surface area contributed by atoms with Gasteiger partial charge in [0.15, 0.2) is 5.78 Å². The Balaban J connectivity index is 1.82. The molecule has 1 aliphatic heterocycles. The second-order valence-corrected chi connectivity index (χ2v) is 6.58. The minimum Gasteiger partial charge on any atom is -0.497 e. The van der Waals surface area contributed by atoms with Crippen LogP contribution in [0.5, 0.6) is 5.75 Å². The van der Waals surface area contributed by atoms with Crippen LogP contribution in [-0.4, -0.2) is 61.8 Å². The average Bonchev–Trinajstić information content (AvgIpc) is 2.85. The molecule has 0 aromatic heterocycles. The van der Waals surface area contributed by atoms with Gasteiger partial charge in [-0.05, 0) is 57.6 Å². The maximum atomic E-state index is 12.4. The van der Waals surface area contributed by atoms with E-state index in [-0.39, 0.29) is 24.5 Å². The van der Waals surface area contributed by atoms with Gasteiger partial charge in [0.05, 0.1) is 7.11 Å². The number of likely N-dealkylation sites (tertiary alicyclic amines) is 1. The molecule has 132 valence electrons. The van der Waals surface area contributed by atoms with Crippen molar-refractivity contribution < 1.29 is 14.3 Å². The normalized spacial score (nSPS) is 18.3. The van der Waals surface area contributed by atoms with E-state index in [0.29, 0.717) is 11.6 Å². The van der Waals surface area contributed by atoms with Gasteiger partial charge in [-0.2, -0.15) is 0 Å². The lowest BCUT2D eigenvalue weighted by atomic mass is 10.1. The Kier molecular flexibility index (Phi) is 6.79. The van der Waals surface area contributed by atoms with Gasteiger partial charge in [-0.15, -0.1) is 0 Å². The highest BCUT2D eigenvalue weighted by Crippen LogP contribution is 2.17. The number of nitrogens with zero attached hydrogens (tertiary/aromatic N) is 2. The van der Waals surface area contributed by atoms with Crippen LogP contribution in [-0.2, 0) is 4.79 Å². The van der Waals surface area contributed by atoms with E-state index in [1.807, 2.05) is 4.90 Å². The third-order valence-corrected chi connectivity index (χ3v) is 4.76. The number of carbonyl (C=O) groups is 2. The quantitative estimate of drug-likeness (QED) is 0.752. The standard InChI is InChI=1S/C19H28N2O3/c1-20(2)16-5-4-13-21(14-12-16)19(23)11-10-18(22)15-6-8-17(24-3)9-7-15/h6-9,16H,4-5,10-14H2,1-3H3/t16-/m0/s1. The summed E-state index contributed by atoms with van der Waals surface area (Å²) in [5.41, 5.74) is 0.632. The van der Waals surface area contributed by atoms with E-state index in [2.05, 4.69) is 19.0 Å². The summed E-state index contributed by atoms with van der Waals surface area (Å²) in [5.74, 6) is 0.825. The summed E-state index contributed by atoms with van der Waals surface area (Å²) in [6, 6.07) is 7.58. The lowest BCUT2D eigenvalue weighted by molar-refractivity contribution is -0.131. The average molecular weight is 332 g/mol. The zero-order valence-electron chi connectivity index (χ0n) is 15.0.